The van der Waals surface area contributed by atoms with Crippen molar-refractivity contribution in [2.24, 2.45) is 5.73 Å². The highest BCUT2D eigenvalue weighted by Gasteiger charge is 2.28. The van der Waals surface area contributed by atoms with Gasteiger partial charge in [0.25, 0.3) is 0 Å². The van der Waals surface area contributed by atoms with Crippen LogP contribution in [0.2, 0.25) is 0 Å². The Bertz CT molecular complexity index is 396. The van der Waals surface area contributed by atoms with Crippen LogP contribution >= 0.6 is 23.2 Å². The minimum absolute atomic E-state index is 0.250. The van der Waals surface area contributed by atoms with Crippen molar-refractivity contribution in [1.29, 1.82) is 0 Å². The summed E-state index contributed by atoms with van der Waals surface area (Å²) in [4.78, 5) is 8.58. The van der Waals surface area contributed by atoms with Gasteiger partial charge in [-0.1, -0.05) is 0 Å². The van der Waals surface area contributed by atoms with E-state index in [1.54, 1.807) is 0 Å². The fourth-order valence-electron chi connectivity index (χ4n) is 2.71. The molecule has 1 aromatic rings. The van der Waals surface area contributed by atoms with E-state index in [4.69, 9.17) is 28.0 Å². The van der Waals surface area contributed by atoms with Crippen molar-refractivity contribution < 1.29 is 4.79 Å². The van der Waals surface area contributed by atoms with Crippen molar-refractivity contribution in [3.05, 3.63) is 22.5 Å². The van der Waals surface area contributed by atoms with Gasteiger partial charge in [0.1, 0.15) is 0 Å². The molecule has 0 spiro atoms. The number of primary amides is 1. The number of carbonyl (C=O) groups excluding carboxylic acids is 1. The van der Waals surface area contributed by atoms with Gasteiger partial charge in [0, 0.05) is 29.2 Å². The summed E-state index contributed by atoms with van der Waals surface area (Å²) < 4.78 is 2.50. The van der Waals surface area contributed by atoms with E-state index < -0.39 is 0 Å². The maximum Gasteiger partial charge on any atom is 0.204 e. The first-order chi connectivity index (χ1) is 9.12. The molecule has 1 heterocycles. The SMILES string of the molecule is Cc1c(CCCl)c(CCCl)c(C)n1C1CC1.NC=O. The summed E-state index contributed by atoms with van der Waals surface area (Å²) in [5.41, 5.74) is 9.89. The molecule has 3 nitrogen and oxygen atoms in total. The normalized spacial score (nSPS) is 13.9. The Balaban J connectivity index is 0.000000550. The molecule has 2 rings (SSSR count). The van der Waals surface area contributed by atoms with Gasteiger partial charge in [0.15, 0.2) is 0 Å². The number of hydrogen-bond donors (Lipinski definition) is 1. The maximum absolute atomic E-state index is 8.58. The van der Waals surface area contributed by atoms with Gasteiger partial charge in [-0.25, -0.2) is 0 Å². The van der Waals surface area contributed by atoms with E-state index in [0.717, 1.165) is 18.9 Å². The van der Waals surface area contributed by atoms with Crippen molar-refractivity contribution in [3.63, 3.8) is 0 Å². The van der Waals surface area contributed by atoms with E-state index in [9.17, 15) is 0 Å². The smallest absolute Gasteiger partial charge is 0.204 e. The molecule has 1 aliphatic rings. The second-order valence-corrected chi connectivity index (χ2v) is 5.50. The highest BCUT2D eigenvalue weighted by Crippen LogP contribution is 2.40. The fraction of sp³-hybridized carbons (Fsp3) is 0.643. The predicted molar refractivity (Wildman–Crippen MR) is 81.3 cm³/mol. The van der Waals surface area contributed by atoms with Crippen LogP contribution in [0.4, 0.5) is 0 Å². The number of nitrogens with two attached hydrogens (primary N) is 1. The van der Waals surface area contributed by atoms with Crippen LogP contribution in [0, 0.1) is 13.8 Å². The zero-order chi connectivity index (χ0) is 14.4. The summed E-state index contributed by atoms with van der Waals surface area (Å²) in [7, 11) is 0. The first-order valence-electron chi connectivity index (χ1n) is 6.58. The lowest BCUT2D eigenvalue weighted by Gasteiger charge is -2.07. The molecule has 19 heavy (non-hydrogen) atoms. The Labute approximate surface area is 125 Å². The van der Waals surface area contributed by atoms with Crippen LogP contribution < -0.4 is 5.73 Å². The van der Waals surface area contributed by atoms with Gasteiger partial charge in [-0.3, -0.25) is 4.79 Å². The zero-order valence-corrected chi connectivity index (χ0v) is 13.1. The lowest BCUT2D eigenvalue weighted by atomic mass is 10.0. The topological polar surface area (TPSA) is 48.0 Å². The van der Waals surface area contributed by atoms with Crippen molar-refractivity contribution >= 4 is 29.6 Å². The van der Waals surface area contributed by atoms with Crippen LogP contribution in [-0.2, 0) is 17.6 Å². The number of amides is 1. The molecule has 0 bridgehead atoms. The number of rotatable bonds is 5. The van der Waals surface area contributed by atoms with E-state index in [1.165, 1.54) is 35.4 Å². The number of aromatic nitrogens is 1. The largest absolute Gasteiger partial charge is 0.372 e. The summed E-state index contributed by atoms with van der Waals surface area (Å²) in [6, 6.07) is 0.748. The first-order valence-corrected chi connectivity index (χ1v) is 7.65. The van der Waals surface area contributed by atoms with Gasteiger partial charge in [-0.05, 0) is 50.7 Å². The molecule has 1 aromatic heterocycles. The summed E-state index contributed by atoms with van der Waals surface area (Å²) >= 11 is 11.8. The highest BCUT2D eigenvalue weighted by molar-refractivity contribution is 6.18. The molecule has 0 aromatic carbocycles. The molecule has 108 valence electrons. The number of hydrogen-bond acceptors (Lipinski definition) is 1. The van der Waals surface area contributed by atoms with Crippen LogP contribution in [0.3, 0.4) is 0 Å². The van der Waals surface area contributed by atoms with E-state index in [-0.39, 0.29) is 6.41 Å². The highest BCUT2D eigenvalue weighted by atomic mass is 35.5. The number of halogens is 2. The summed E-state index contributed by atoms with van der Waals surface area (Å²) in [6.45, 7) is 4.45. The van der Waals surface area contributed by atoms with Crippen LogP contribution in [0.15, 0.2) is 0 Å². The standard InChI is InChI=1S/C13H19Cl2N.CH3NO/c1-9-12(5-7-14)13(6-8-15)10(2)16(9)11-3-4-11;2-1-3/h11H,3-8H2,1-2H3;1H,(H2,2,3). The average Bonchev–Trinajstić information content (AvgIpc) is 3.15. The first kappa shape index (κ1) is 16.4. The van der Waals surface area contributed by atoms with E-state index >= 15 is 0 Å². The van der Waals surface area contributed by atoms with Gasteiger partial charge < -0.3 is 10.3 Å². The van der Waals surface area contributed by atoms with E-state index in [0.29, 0.717) is 11.8 Å². The Morgan fingerprint density at radius 1 is 1.16 bits per heavy atom. The molecule has 2 N–H and O–H groups in total. The average molecular weight is 305 g/mol. The fourth-order valence-corrected chi connectivity index (χ4v) is 3.09. The van der Waals surface area contributed by atoms with Crippen LogP contribution in [0.25, 0.3) is 0 Å². The number of carbonyl (C=O) groups is 1. The third kappa shape index (κ3) is 3.90. The van der Waals surface area contributed by atoms with Crippen molar-refractivity contribution in [2.75, 3.05) is 11.8 Å². The number of nitrogens with zero attached hydrogens (tertiary/aromatic N) is 1. The van der Waals surface area contributed by atoms with Crippen LogP contribution in [0.1, 0.15) is 41.4 Å². The van der Waals surface area contributed by atoms with Gasteiger partial charge in [0.2, 0.25) is 6.41 Å². The lowest BCUT2D eigenvalue weighted by Crippen LogP contribution is -1.99. The lowest BCUT2D eigenvalue weighted by molar-refractivity contribution is -0.106. The quantitative estimate of drug-likeness (QED) is 0.659. The third-order valence-corrected chi connectivity index (χ3v) is 3.94. The van der Waals surface area contributed by atoms with Crippen molar-refractivity contribution in [3.8, 4) is 0 Å². The van der Waals surface area contributed by atoms with Gasteiger partial charge in [0.05, 0.1) is 0 Å². The molecule has 5 heteroatoms. The Morgan fingerprint density at radius 3 is 1.79 bits per heavy atom. The molecule has 0 aliphatic heterocycles. The Kier molecular flexibility index (Phi) is 6.73. The summed E-state index contributed by atoms with van der Waals surface area (Å²) in [6.07, 6.45) is 4.86. The maximum atomic E-state index is 8.58. The molecule has 0 saturated heterocycles. The minimum atomic E-state index is 0.250. The predicted octanol–water partition coefficient (Wildman–Crippen LogP) is 3.10. The second-order valence-electron chi connectivity index (χ2n) is 4.74. The molecule has 0 unspecified atom stereocenters. The third-order valence-electron chi connectivity index (χ3n) is 3.56. The van der Waals surface area contributed by atoms with E-state index in [2.05, 4.69) is 24.1 Å². The molecule has 0 radical (unpaired) electrons. The monoisotopic (exact) mass is 304 g/mol. The molecular weight excluding hydrogens is 283 g/mol. The van der Waals surface area contributed by atoms with Crippen molar-refractivity contribution in [1.82, 2.24) is 4.57 Å². The Morgan fingerprint density at radius 2 is 1.53 bits per heavy atom. The van der Waals surface area contributed by atoms with E-state index in [1.807, 2.05) is 0 Å². The van der Waals surface area contributed by atoms with Crippen LogP contribution in [0.5, 0.6) is 0 Å². The number of alkyl halides is 2. The molecule has 1 fully saturated rings. The molecule has 1 saturated carbocycles. The zero-order valence-electron chi connectivity index (χ0n) is 11.6. The van der Waals surface area contributed by atoms with Crippen LogP contribution in [-0.4, -0.2) is 22.7 Å². The summed E-state index contributed by atoms with van der Waals surface area (Å²) in [5.74, 6) is 1.40. The summed E-state index contributed by atoms with van der Waals surface area (Å²) in [5, 5.41) is 0. The van der Waals surface area contributed by atoms with Crippen molar-refractivity contribution in [2.45, 2.75) is 45.6 Å². The minimum Gasteiger partial charge on any atom is -0.372 e. The second kappa shape index (κ2) is 7.81. The van der Waals surface area contributed by atoms with Gasteiger partial charge >= 0.3 is 0 Å². The molecule has 1 amide bonds. The molecule has 0 atom stereocenters. The Hall–Kier alpha value is -0.670. The van der Waals surface area contributed by atoms with Gasteiger partial charge in [-0.2, -0.15) is 0 Å². The molecular formula is C14H22Cl2N2O. The van der Waals surface area contributed by atoms with Gasteiger partial charge in [-0.15, -0.1) is 23.2 Å². The molecule has 1 aliphatic carbocycles.